The van der Waals surface area contributed by atoms with E-state index >= 15 is 0 Å². The van der Waals surface area contributed by atoms with E-state index in [1.54, 1.807) is 24.3 Å². The molecule has 0 aliphatic carbocycles. The van der Waals surface area contributed by atoms with Crippen LogP contribution in [0.15, 0.2) is 24.3 Å². The zero-order valence-corrected chi connectivity index (χ0v) is 11.1. The fourth-order valence-electron chi connectivity index (χ4n) is 2.93. The van der Waals surface area contributed by atoms with Gasteiger partial charge in [-0.15, -0.1) is 0 Å². The van der Waals surface area contributed by atoms with Crippen LogP contribution in [0.5, 0.6) is 0 Å². The van der Waals surface area contributed by atoms with Crippen LogP contribution in [0, 0.1) is 0 Å². The topological polar surface area (TPSA) is 98.1 Å². The average Bonchev–Trinajstić information content (AvgIpc) is 2.71. The van der Waals surface area contributed by atoms with E-state index in [1.807, 2.05) is 0 Å². The Kier molecular flexibility index (Phi) is 3.13. The van der Waals surface area contributed by atoms with Crippen LogP contribution in [-0.2, 0) is 0 Å². The number of rotatable bonds is 1. The summed E-state index contributed by atoms with van der Waals surface area (Å²) in [5.41, 5.74) is 0.647. The van der Waals surface area contributed by atoms with Gasteiger partial charge in [-0.05, 0) is 18.6 Å². The van der Waals surface area contributed by atoms with Crippen molar-refractivity contribution in [1.82, 2.24) is 9.80 Å². The van der Waals surface area contributed by atoms with Gasteiger partial charge in [-0.3, -0.25) is 14.5 Å². The first-order valence-corrected chi connectivity index (χ1v) is 6.62. The quantitative estimate of drug-likeness (QED) is 0.729. The van der Waals surface area contributed by atoms with E-state index in [9.17, 15) is 19.5 Å². The number of carbonyl (C=O) groups excluding carboxylic acids is 2. The summed E-state index contributed by atoms with van der Waals surface area (Å²) in [6.07, 6.45) is -1.87. The van der Waals surface area contributed by atoms with Crippen molar-refractivity contribution in [1.29, 1.82) is 0 Å². The molecule has 3 rings (SSSR count). The highest BCUT2D eigenvalue weighted by molar-refractivity contribution is 6.21. The number of benzene rings is 1. The van der Waals surface area contributed by atoms with E-state index < -0.39 is 30.1 Å². The van der Waals surface area contributed by atoms with Crippen molar-refractivity contribution in [3.8, 4) is 0 Å². The molecule has 0 radical (unpaired) electrons. The number of hydrogen-bond acceptors (Lipinski definition) is 4. The summed E-state index contributed by atoms with van der Waals surface area (Å²) in [5, 5.41) is 18.8. The molecule has 0 saturated carbocycles. The molecule has 0 spiro atoms. The minimum Gasteiger partial charge on any atom is -0.465 e. The second-order valence-electron chi connectivity index (χ2n) is 5.26. The number of fused-ring (bicyclic) bond motifs is 1. The maximum atomic E-state index is 12.3. The third kappa shape index (κ3) is 2.15. The number of carbonyl (C=O) groups is 3. The molecule has 2 aliphatic rings. The number of nitrogens with zero attached hydrogens (tertiary/aromatic N) is 2. The summed E-state index contributed by atoms with van der Waals surface area (Å²) >= 11 is 0. The molecule has 21 heavy (non-hydrogen) atoms. The number of aliphatic hydroxyl groups is 1. The van der Waals surface area contributed by atoms with Crippen LogP contribution in [0.3, 0.4) is 0 Å². The van der Waals surface area contributed by atoms with Crippen molar-refractivity contribution in [2.24, 2.45) is 0 Å². The molecule has 2 atom stereocenters. The average molecular weight is 290 g/mol. The molecular formula is C14H14N2O5. The molecule has 1 aromatic rings. The lowest BCUT2D eigenvalue weighted by Gasteiger charge is -2.37. The first-order chi connectivity index (χ1) is 9.99. The smallest absolute Gasteiger partial charge is 0.407 e. The van der Waals surface area contributed by atoms with Crippen LogP contribution in [0.25, 0.3) is 0 Å². The summed E-state index contributed by atoms with van der Waals surface area (Å²) in [7, 11) is 0. The maximum Gasteiger partial charge on any atom is 0.407 e. The number of piperidine rings is 1. The van der Waals surface area contributed by atoms with Gasteiger partial charge in [0.25, 0.3) is 11.8 Å². The lowest BCUT2D eigenvalue weighted by atomic mass is 10.0. The summed E-state index contributed by atoms with van der Waals surface area (Å²) in [5.74, 6) is -0.861. The van der Waals surface area contributed by atoms with Crippen LogP contribution in [0.2, 0.25) is 0 Å². The minimum absolute atomic E-state index is 0.00496. The molecule has 0 unspecified atom stereocenters. The Labute approximate surface area is 120 Å². The Morgan fingerprint density at radius 3 is 2.19 bits per heavy atom. The molecule has 1 aromatic carbocycles. The van der Waals surface area contributed by atoms with E-state index in [0.29, 0.717) is 11.1 Å². The monoisotopic (exact) mass is 290 g/mol. The Morgan fingerprint density at radius 2 is 1.67 bits per heavy atom. The SMILES string of the molecule is O=C(O)N1C[C@H](O)C[C@@H](N2C(=O)c3ccccc3C2=O)C1. The van der Waals surface area contributed by atoms with Crippen molar-refractivity contribution in [3.63, 3.8) is 0 Å². The summed E-state index contributed by atoms with van der Waals surface area (Å²) in [4.78, 5) is 37.9. The molecule has 1 saturated heterocycles. The summed E-state index contributed by atoms with van der Waals surface area (Å²) in [6, 6.07) is 5.85. The Balaban J connectivity index is 1.89. The van der Waals surface area contributed by atoms with Gasteiger partial charge in [0.05, 0.1) is 29.8 Å². The summed E-state index contributed by atoms with van der Waals surface area (Å²) in [6.45, 7) is 0.0207. The molecule has 0 bridgehead atoms. The zero-order chi connectivity index (χ0) is 15.1. The van der Waals surface area contributed by atoms with Gasteiger partial charge >= 0.3 is 6.09 Å². The van der Waals surface area contributed by atoms with Crippen molar-refractivity contribution in [2.75, 3.05) is 13.1 Å². The van der Waals surface area contributed by atoms with Crippen molar-refractivity contribution in [2.45, 2.75) is 18.6 Å². The molecular weight excluding hydrogens is 276 g/mol. The van der Waals surface area contributed by atoms with Gasteiger partial charge in [0.15, 0.2) is 0 Å². The van der Waals surface area contributed by atoms with Gasteiger partial charge in [-0.1, -0.05) is 12.1 Å². The molecule has 7 heteroatoms. The molecule has 2 N–H and O–H groups in total. The molecule has 2 aliphatic heterocycles. The van der Waals surface area contributed by atoms with Gasteiger partial charge in [0, 0.05) is 6.54 Å². The fraction of sp³-hybridized carbons (Fsp3) is 0.357. The van der Waals surface area contributed by atoms with E-state index in [4.69, 9.17) is 5.11 Å². The first-order valence-electron chi connectivity index (χ1n) is 6.62. The highest BCUT2D eigenvalue weighted by Gasteiger charge is 2.43. The van der Waals surface area contributed by atoms with Crippen molar-refractivity contribution in [3.05, 3.63) is 35.4 Å². The molecule has 3 amide bonds. The number of aliphatic hydroxyl groups excluding tert-OH is 1. The van der Waals surface area contributed by atoms with E-state index in [0.717, 1.165) is 9.80 Å². The zero-order valence-electron chi connectivity index (χ0n) is 11.1. The maximum absolute atomic E-state index is 12.3. The largest absolute Gasteiger partial charge is 0.465 e. The van der Waals surface area contributed by atoms with Gasteiger partial charge < -0.3 is 15.1 Å². The number of carboxylic acid groups (broad SMARTS) is 1. The van der Waals surface area contributed by atoms with Gasteiger partial charge in [0.1, 0.15) is 0 Å². The number of β-amino-alcohol motifs (C(OH)–C–C–N with tert-alkyl or cyclic N) is 1. The lowest BCUT2D eigenvalue weighted by Crippen LogP contribution is -2.55. The highest BCUT2D eigenvalue weighted by Crippen LogP contribution is 2.28. The van der Waals surface area contributed by atoms with E-state index in [-0.39, 0.29) is 19.5 Å². The van der Waals surface area contributed by atoms with Crippen LogP contribution >= 0.6 is 0 Å². The van der Waals surface area contributed by atoms with Crippen LogP contribution < -0.4 is 0 Å². The molecule has 1 fully saturated rings. The van der Waals surface area contributed by atoms with E-state index in [1.165, 1.54) is 0 Å². The molecule has 7 nitrogen and oxygen atoms in total. The predicted octanol–water partition coefficient (Wildman–Crippen LogP) is 0.396. The lowest BCUT2D eigenvalue weighted by molar-refractivity contribution is 0.0176. The second kappa shape index (κ2) is 4.85. The first kappa shape index (κ1) is 13.6. The third-order valence-corrected chi connectivity index (χ3v) is 3.87. The van der Waals surface area contributed by atoms with Crippen LogP contribution in [0.1, 0.15) is 27.1 Å². The number of imide groups is 1. The van der Waals surface area contributed by atoms with Crippen molar-refractivity contribution >= 4 is 17.9 Å². The highest BCUT2D eigenvalue weighted by atomic mass is 16.4. The molecule has 110 valence electrons. The Morgan fingerprint density at radius 1 is 1.10 bits per heavy atom. The van der Waals surface area contributed by atoms with Gasteiger partial charge in [-0.2, -0.15) is 0 Å². The standard InChI is InChI=1S/C14H14N2O5/c17-9-5-8(6-15(7-9)14(20)21)16-12(18)10-3-1-2-4-11(10)13(16)19/h1-4,8-9,17H,5-7H2,(H,20,21)/t8-,9-/m1/s1. The minimum atomic E-state index is -1.17. The van der Waals surface area contributed by atoms with Gasteiger partial charge in [0.2, 0.25) is 0 Å². The van der Waals surface area contributed by atoms with E-state index in [2.05, 4.69) is 0 Å². The third-order valence-electron chi connectivity index (χ3n) is 3.87. The Hall–Kier alpha value is -2.41. The molecule has 0 aromatic heterocycles. The van der Waals surface area contributed by atoms with Crippen LogP contribution in [-0.4, -0.2) is 63.2 Å². The fourth-order valence-corrected chi connectivity index (χ4v) is 2.93. The van der Waals surface area contributed by atoms with Crippen LogP contribution in [0.4, 0.5) is 4.79 Å². The molecule has 2 heterocycles. The number of hydrogen-bond donors (Lipinski definition) is 2. The predicted molar refractivity (Wildman–Crippen MR) is 71.0 cm³/mol. The Bertz CT molecular complexity index is 595. The van der Waals surface area contributed by atoms with Gasteiger partial charge in [-0.25, -0.2) is 4.79 Å². The van der Waals surface area contributed by atoms with Crippen molar-refractivity contribution < 1.29 is 24.6 Å². The normalized spacial score (nSPS) is 25.2. The number of amides is 3. The second-order valence-corrected chi connectivity index (χ2v) is 5.26. The summed E-state index contributed by atoms with van der Waals surface area (Å²) < 4.78 is 0. The number of likely N-dealkylation sites (tertiary alicyclic amines) is 1.